The van der Waals surface area contributed by atoms with Crippen molar-refractivity contribution in [3.8, 4) is 0 Å². The molecule has 0 saturated heterocycles. The Morgan fingerprint density at radius 1 is 1.50 bits per heavy atom. The zero-order chi connectivity index (χ0) is 13.5. The van der Waals surface area contributed by atoms with Gasteiger partial charge in [-0.3, -0.25) is 4.79 Å². The first-order valence-electron chi connectivity index (χ1n) is 5.80. The molecule has 0 fully saturated rings. The van der Waals surface area contributed by atoms with E-state index in [1.165, 1.54) is 11.8 Å². The summed E-state index contributed by atoms with van der Waals surface area (Å²) >= 11 is 1.46. The van der Waals surface area contributed by atoms with Crippen molar-refractivity contribution in [1.82, 2.24) is 9.97 Å². The number of primary amides is 1. The van der Waals surface area contributed by atoms with E-state index in [1.54, 1.807) is 0 Å². The largest absolute Gasteiger partial charge is 0.370 e. The number of nitrogens with one attached hydrogen (secondary N) is 1. The van der Waals surface area contributed by atoms with Crippen LogP contribution in [0.2, 0.25) is 0 Å². The summed E-state index contributed by atoms with van der Waals surface area (Å²) in [4.78, 5) is 21.6. The second-order valence-corrected chi connectivity index (χ2v) is 4.38. The third kappa shape index (κ3) is 4.06. The molecular formula is C11H19N5OS. The Kier molecular flexibility index (Phi) is 5.70. The van der Waals surface area contributed by atoms with Gasteiger partial charge in [-0.15, -0.1) is 0 Å². The molecule has 100 valence electrons. The Labute approximate surface area is 111 Å². The maximum Gasteiger partial charge on any atom is 0.236 e. The Hall–Kier alpha value is -1.50. The highest BCUT2D eigenvalue weighted by molar-refractivity contribution is 7.98. The lowest BCUT2D eigenvalue weighted by Crippen LogP contribution is -2.34. The normalized spacial score (nSPS) is 10.2. The van der Waals surface area contributed by atoms with Gasteiger partial charge < -0.3 is 16.0 Å². The van der Waals surface area contributed by atoms with Crippen molar-refractivity contribution >= 4 is 29.3 Å². The molecule has 18 heavy (non-hydrogen) atoms. The molecule has 1 amide bonds. The van der Waals surface area contributed by atoms with Crippen LogP contribution in [0.25, 0.3) is 0 Å². The summed E-state index contributed by atoms with van der Waals surface area (Å²) in [5, 5.41) is 3.82. The van der Waals surface area contributed by atoms with Crippen LogP contribution in [0.1, 0.15) is 13.8 Å². The summed E-state index contributed by atoms with van der Waals surface area (Å²) in [5.41, 5.74) is 5.23. The van der Waals surface area contributed by atoms with Gasteiger partial charge in [-0.2, -0.15) is 0 Å². The first kappa shape index (κ1) is 14.6. The van der Waals surface area contributed by atoms with Crippen LogP contribution in [0.15, 0.2) is 11.2 Å². The molecular weight excluding hydrogens is 250 g/mol. The summed E-state index contributed by atoms with van der Waals surface area (Å²) in [7, 11) is 0. The number of carbonyl (C=O) groups is 1. The average molecular weight is 269 g/mol. The van der Waals surface area contributed by atoms with Gasteiger partial charge in [0.1, 0.15) is 11.6 Å². The SMILES string of the molecule is CCNc1cc(N(CC)CC(N)=O)nc(SC)n1. The molecule has 1 aromatic heterocycles. The Balaban J connectivity index is 3.04. The molecule has 0 aliphatic heterocycles. The molecule has 0 aromatic carbocycles. The molecule has 0 unspecified atom stereocenters. The van der Waals surface area contributed by atoms with Crippen LogP contribution < -0.4 is 16.0 Å². The molecule has 1 aromatic rings. The molecule has 0 aliphatic rings. The lowest BCUT2D eigenvalue weighted by Gasteiger charge is -2.21. The molecule has 7 heteroatoms. The second-order valence-electron chi connectivity index (χ2n) is 3.61. The van der Waals surface area contributed by atoms with Crippen LogP contribution in [0.3, 0.4) is 0 Å². The zero-order valence-corrected chi connectivity index (χ0v) is 11.8. The van der Waals surface area contributed by atoms with Crippen molar-refractivity contribution in [2.75, 3.05) is 36.1 Å². The number of hydrogen-bond donors (Lipinski definition) is 2. The van der Waals surface area contributed by atoms with E-state index in [0.29, 0.717) is 17.5 Å². The third-order valence-corrected chi connectivity index (χ3v) is 2.83. The zero-order valence-electron chi connectivity index (χ0n) is 10.9. The van der Waals surface area contributed by atoms with E-state index < -0.39 is 0 Å². The Morgan fingerprint density at radius 3 is 2.72 bits per heavy atom. The van der Waals surface area contributed by atoms with E-state index in [-0.39, 0.29) is 12.5 Å². The van der Waals surface area contributed by atoms with Gasteiger partial charge in [0.05, 0.1) is 6.54 Å². The minimum absolute atomic E-state index is 0.160. The highest BCUT2D eigenvalue weighted by Crippen LogP contribution is 2.20. The molecule has 0 radical (unpaired) electrons. The summed E-state index contributed by atoms with van der Waals surface area (Å²) in [6.07, 6.45) is 1.92. The number of anilines is 2. The highest BCUT2D eigenvalue weighted by atomic mass is 32.2. The van der Waals surface area contributed by atoms with E-state index in [2.05, 4.69) is 15.3 Å². The van der Waals surface area contributed by atoms with Gasteiger partial charge in [-0.05, 0) is 20.1 Å². The number of thioether (sulfide) groups is 1. The molecule has 1 rings (SSSR count). The number of amides is 1. The lowest BCUT2D eigenvalue weighted by atomic mass is 10.4. The van der Waals surface area contributed by atoms with Crippen LogP contribution in [-0.2, 0) is 4.79 Å². The summed E-state index contributed by atoms with van der Waals surface area (Å²) in [6.45, 7) is 5.57. The van der Waals surface area contributed by atoms with Crippen molar-refractivity contribution in [2.24, 2.45) is 5.73 Å². The third-order valence-electron chi connectivity index (χ3n) is 2.28. The molecule has 0 bridgehead atoms. The number of aromatic nitrogens is 2. The van der Waals surface area contributed by atoms with Crippen molar-refractivity contribution in [3.05, 3.63) is 6.07 Å². The average Bonchev–Trinajstić information content (AvgIpc) is 2.35. The number of likely N-dealkylation sites (N-methyl/N-ethyl adjacent to an activating group) is 1. The fraction of sp³-hybridized carbons (Fsp3) is 0.545. The molecule has 0 aliphatic carbocycles. The van der Waals surface area contributed by atoms with Crippen LogP contribution >= 0.6 is 11.8 Å². The maximum absolute atomic E-state index is 11.0. The van der Waals surface area contributed by atoms with Crippen LogP contribution in [-0.4, -0.2) is 41.8 Å². The molecule has 0 saturated carbocycles. The number of nitrogens with zero attached hydrogens (tertiary/aromatic N) is 3. The fourth-order valence-electron chi connectivity index (χ4n) is 1.48. The summed E-state index contributed by atoms with van der Waals surface area (Å²) in [5.74, 6) is 1.10. The summed E-state index contributed by atoms with van der Waals surface area (Å²) < 4.78 is 0. The van der Waals surface area contributed by atoms with Crippen molar-refractivity contribution in [1.29, 1.82) is 0 Å². The standard InChI is InChI=1S/C11H19N5OS/c1-4-13-9-6-10(15-11(14-9)18-3)16(5-2)7-8(12)17/h6H,4-5,7H2,1-3H3,(H2,12,17)(H,13,14,15). The second kappa shape index (κ2) is 7.05. The number of nitrogens with two attached hydrogens (primary N) is 1. The maximum atomic E-state index is 11.0. The number of rotatable bonds is 7. The number of carbonyl (C=O) groups excluding carboxylic acids is 1. The van der Waals surface area contributed by atoms with Crippen LogP contribution in [0, 0.1) is 0 Å². The molecule has 6 nitrogen and oxygen atoms in total. The fourth-order valence-corrected chi connectivity index (χ4v) is 1.86. The topological polar surface area (TPSA) is 84.1 Å². The van der Waals surface area contributed by atoms with Crippen LogP contribution in [0.5, 0.6) is 0 Å². The van der Waals surface area contributed by atoms with Crippen molar-refractivity contribution in [2.45, 2.75) is 19.0 Å². The summed E-state index contributed by atoms with van der Waals surface area (Å²) in [6, 6.07) is 1.83. The van der Waals surface area contributed by atoms with E-state index in [1.807, 2.05) is 31.1 Å². The van der Waals surface area contributed by atoms with Gasteiger partial charge in [-0.1, -0.05) is 11.8 Å². The quantitative estimate of drug-likeness (QED) is 0.566. The van der Waals surface area contributed by atoms with E-state index >= 15 is 0 Å². The molecule has 0 atom stereocenters. The van der Waals surface area contributed by atoms with E-state index in [9.17, 15) is 4.79 Å². The van der Waals surface area contributed by atoms with Gasteiger partial charge >= 0.3 is 0 Å². The molecule has 3 N–H and O–H groups in total. The van der Waals surface area contributed by atoms with Gasteiger partial charge in [0.15, 0.2) is 5.16 Å². The first-order chi connectivity index (χ1) is 8.60. The van der Waals surface area contributed by atoms with Crippen LogP contribution in [0.4, 0.5) is 11.6 Å². The lowest BCUT2D eigenvalue weighted by molar-refractivity contribution is -0.116. The first-order valence-corrected chi connectivity index (χ1v) is 7.03. The Bertz CT molecular complexity index is 412. The predicted octanol–water partition coefficient (Wildman–Crippen LogP) is 0.942. The minimum Gasteiger partial charge on any atom is -0.370 e. The predicted molar refractivity (Wildman–Crippen MR) is 75.1 cm³/mol. The smallest absolute Gasteiger partial charge is 0.236 e. The van der Waals surface area contributed by atoms with Gasteiger partial charge in [0.2, 0.25) is 5.91 Å². The van der Waals surface area contributed by atoms with Crippen molar-refractivity contribution in [3.63, 3.8) is 0 Å². The van der Waals surface area contributed by atoms with Gasteiger partial charge in [0.25, 0.3) is 0 Å². The minimum atomic E-state index is -0.369. The van der Waals surface area contributed by atoms with Crippen molar-refractivity contribution < 1.29 is 4.79 Å². The molecule has 0 spiro atoms. The Morgan fingerprint density at radius 2 is 2.22 bits per heavy atom. The highest BCUT2D eigenvalue weighted by Gasteiger charge is 2.12. The molecule has 1 heterocycles. The number of hydrogen-bond acceptors (Lipinski definition) is 6. The van der Waals surface area contributed by atoms with E-state index in [0.717, 1.165) is 12.4 Å². The van der Waals surface area contributed by atoms with E-state index in [4.69, 9.17) is 5.73 Å². The van der Waals surface area contributed by atoms with Gasteiger partial charge in [-0.25, -0.2) is 9.97 Å². The van der Waals surface area contributed by atoms with Gasteiger partial charge in [0, 0.05) is 19.2 Å². The monoisotopic (exact) mass is 269 g/mol.